The number of phosphoric acid groups is 1. The van der Waals surface area contributed by atoms with Crippen molar-refractivity contribution in [2.75, 3.05) is 21.3 Å². The fourth-order valence-corrected chi connectivity index (χ4v) is 1.75. The van der Waals surface area contributed by atoms with Crippen molar-refractivity contribution in [3.05, 3.63) is 35.9 Å². The first-order chi connectivity index (χ1) is 11.2. The third-order valence-corrected chi connectivity index (χ3v) is 2.67. The maximum absolute atomic E-state index is 12.2. The number of ketones is 1. The van der Waals surface area contributed by atoms with Crippen molar-refractivity contribution >= 4 is 13.6 Å². The van der Waals surface area contributed by atoms with E-state index in [-0.39, 0.29) is 5.78 Å². The first-order valence-electron chi connectivity index (χ1n) is 6.32. The minimum Gasteiger partial charge on any atom is -0.493 e. The van der Waals surface area contributed by atoms with Gasteiger partial charge in [0.15, 0.2) is 11.5 Å². The van der Waals surface area contributed by atoms with Crippen LogP contribution in [0.15, 0.2) is 24.7 Å². The normalized spacial score (nSPS) is 10.4. The molecule has 0 saturated carbocycles. The summed E-state index contributed by atoms with van der Waals surface area (Å²) in [5.41, 5.74) is 0.827. The molecule has 0 aliphatic heterocycles. The lowest BCUT2D eigenvalue weighted by atomic mass is 10.1. The number of aromatic nitrogens is 2. The van der Waals surface area contributed by atoms with Gasteiger partial charge in [-0.1, -0.05) is 0 Å². The summed E-state index contributed by atoms with van der Waals surface area (Å²) in [6, 6.07) is 3.20. The molecule has 0 spiro atoms. The van der Waals surface area contributed by atoms with E-state index in [1.54, 1.807) is 12.1 Å². The Labute approximate surface area is 137 Å². The molecule has 2 aromatic rings. The van der Waals surface area contributed by atoms with E-state index >= 15 is 0 Å². The molecule has 24 heavy (non-hydrogen) atoms. The number of carbonyl (C=O) groups excluding carboxylic acids is 1. The van der Waals surface area contributed by atoms with Crippen LogP contribution in [-0.4, -0.2) is 51.8 Å². The lowest BCUT2D eigenvalue weighted by Gasteiger charge is -2.13. The van der Waals surface area contributed by atoms with Gasteiger partial charge in [-0.05, 0) is 12.1 Å². The molecule has 0 amide bonds. The molecular formula is C13H17N2O8P. The minimum atomic E-state index is -4.64. The van der Waals surface area contributed by atoms with E-state index in [2.05, 4.69) is 9.97 Å². The molecule has 1 heterocycles. The van der Waals surface area contributed by atoms with Crippen molar-refractivity contribution in [2.45, 2.75) is 0 Å². The van der Waals surface area contributed by atoms with E-state index in [0.717, 1.165) is 0 Å². The number of ether oxygens (including phenoxy) is 3. The predicted molar refractivity (Wildman–Crippen MR) is 82.4 cm³/mol. The van der Waals surface area contributed by atoms with Crippen molar-refractivity contribution in [3.63, 3.8) is 0 Å². The summed E-state index contributed by atoms with van der Waals surface area (Å²) >= 11 is 0. The minimum absolute atomic E-state index is 0.197. The van der Waals surface area contributed by atoms with Gasteiger partial charge < -0.3 is 33.9 Å². The Bertz CT molecular complexity index is 692. The van der Waals surface area contributed by atoms with E-state index in [0.29, 0.717) is 28.5 Å². The summed E-state index contributed by atoms with van der Waals surface area (Å²) in [5.74, 6) is 1.12. The Morgan fingerprint density at radius 1 is 1.08 bits per heavy atom. The van der Waals surface area contributed by atoms with Crippen LogP contribution in [0.2, 0.25) is 0 Å². The number of aromatic amines is 1. The van der Waals surface area contributed by atoms with Crippen LogP contribution >= 0.6 is 7.82 Å². The average molecular weight is 360 g/mol. The van der Waals surface area contributed by atoms with Gasteiger partial charge in [-0.2, -0.15) is 0 Å². The predicted octanol–water partition coefficient (Wildman–Crippen LogP) is 0.738. The Kier molecular flexibility index (Phi) is 6.93. The third kappa shape index (κ3) is 5.67. The van der Waals surface area contributed by atoms with Crippen LogP contribution < -0.4 is 14.2 Å². The number of hydrogen-bond donors (Lipinski definition) is 4. The number of hydrogen-bond acceptors (Lipinski definition) is 6. The molecule has 2 rings (SSSR count). The number of rotatable bonds is 5. The van der Waals surface area contributed by atoms with Crippen LogP contribution in [0.5, 0.6) is 17.2 Å². The fraction of sp³-hybridized carbons (Fsp3) is 0.231. The zero-order valence-electron chi connectivity index (χ0n) is 13.1. The Morgan fingerprint density at radius 3 is 1.92 bits per heavy atom. The van der Waals surface area contributed by atoms with Gasteiger partial charge in [0.05, 0.1) is 33.9 Å². The Morgan fingerprint density at radius 2 is 1.58 bits per heavy atom. The average Bonchev–Trinajstić information content (AvgIpc) is 3.05. The second kappa shape index (κ2) is 8.46. The summed E-state index contributed by atoms with van der Waals surface area (Å²) in [7, 11) is -0.125. The van der Waals surface area contributed by atoms with Crippen LogP contribution in [-0.2, 0) is 4.57 Å². The molecule has 4 N–H and O–H groups in total. The van der Waals surface area contributed by atoms with Gasteiger partial charge in [-0.25, -0.2) is 9.55 Å². The van der Waals surface area contributed by atoms with Gasteiger partial charge in [-0.3, -0.25) is 4.79 Å². The van der Waals surface area contributed by atoms with E-state index in [1.165, 1.54) is 33.9 Å². The number of carbonyl (C=O) groups is 1. The second-order valence-corrected chi connectivity index (χ2v) is 5.25. The SMILES string of the molecule is COc1cc(C(=O)c2cnc[nH]2)cc(OC)c1OC.O=P(O)(O)O. The second-order valence-electron chi connectivity index (χ2n) is 4.22. The topological polar surface area (TPSA) is 151 Å². The molecule has 0 fully saturated rings. The lowest BCUT2D eigenvalue weighted by molar-refractivity contribution is 0.103. The van der Waals surface area contributed by atoms with Crippen molar-refractivity contribution in [2.24, 2.45) is 0 Å². The van der Waals surface area contributed by atoms with Gasteiger partial charge in [-0.15, -0.1) is 0 Å². The zero-order valence-corrected chi connectivity index (χ0v) is 14.0. The van der Waals surface area contributed by atoms with Gasteiger partial charge in [0.1, 0.15) is 5.69 Å². The van der Waals surface area contributed by atoms with E-state index in [9.17, 15) is 4.79 Å². The highest BCUT2D eigenvalue weighted by Gasteiger charge is 2.18. The standard InChI is InChI=1S/C13H14N2O4.H3O4P/c1-17-10-4-8(5-11(18-2)13(10)19-3)12(16)9-6-14-7-15-9;1-5(2,3)4/h4-7H,1-3H3,(H,14,15);(H3,1,2,3,4). The number of nitrogens with one attached hydrogen (secondary N) is 1. The van der Waals surface area contributed by atoms with Crippen LogP contribution in [0.25, 0.3) is 0 Å². The Balaban J connectivity index is 0.000000505. The smallest absolute Gasteiger partial charge is 0.466 e. The van der Waals surface area contributed by atoms with Crippen molar-refractivity contribution in [3.8, 4) is 17.2 Å². The highest BCUT2D eigenvalue weighted by molar-refractivity contribution is 7.45. The van der Waals surface area contributed by atoms with E-state index in [4.69, 9.17) is 33.5 Å². The molecule has 0 unspecified atom stereocenters. The molecule has 0 atom stereocenters. The highest BCUT2D eigenvalue weighted by atomic mass is 31.2. The van der Waals surface area contributed by atoms with Crippen LogP contribution in [0.1, 0.15) is 16.1 Å². The van der Waals surface area contributed by atoms with Crippen molar-refractivity contribution in [1.29, 1.82) is 0 Å². The third-order valence-electron chi connectivity index (χ3n) is 2.67. The van der Waals surface area contributed by atoms with E-state index < -0.39 is 7.82 Å². The molecule has 0 aliphatic rings. The number of imidazole rings is 1. The highest BCUT2D eigenvalue weighted by Crippen LogP contribution is 2.38. The van der Waals surface area contributed by atoms with Crippen LogP contribution in [0.3, 0.4) is 0 Å². The number of nitrogens with zero attached hydrogens (tertiary/aromatic N) is 1. The molecular weight excluding hydrogens is 343 g/mol. The summed E-state index contributed by atoms with van der Waals surface area (Å²) in [4.78, 5) is 40.4. The first kappa shape index (κ1) is 19.7. The number of benzene rings is 1. The van der Waals surface area contributed by atoms with Gasteiger partial charge >= 0.3 is 7.82 Å². The monoisotopic (exact) mass is 360 g/mol. The van der Waals surface area contributed by atoms with Gasteiger partial charge in [0, 0.05) is 5.56 Å². The molecule has 0 radical (unpaired) electrons. The molecule has 0 bridgehead atoms. The summed E-state index contributed by atoms with van der Waals surface area (Å²) in [6.07, 6.45) is 2.91. The zero-order chi connectivity index (χ0) is 18.3. The summed E-state index contributed by atoms with van der Waals surface area (Å²) in [6.45, 7) is 0. The molecule has 11 heteroatoms. The van der Waals surface area contributed by atoms with Crippen molar-refractivity contribution < 1.29 is 38.3 Å². The lowest BCUT2D eigenvalue weighted by Crippen LogP contribution is -2.04. The maximum Gasteiger partial charge on any atom is 0.466 e. The molecule has 132 valence electrons. The summed E-state index contributed by atoms with van der Waals surface area (Å²) in [5, 5.41) is 0. The maximum atomic E-state index is 12.2. The molecule has 0 aliphatic carbocycles. The molecule has 1 aromatic carbocycles. The van der Waals surface area contributed by atoms with E-state index in [1.807, 2.05) is 0 Å². The van der Waals surface area contributed by atoms with Gasteiger partial charge in [0.25, 0.3) is 0 Å². The first-order valence-corrected chi connectivity index (χ1v) is 7.89. The molecule has 0 saturated heterocycles. The van der Waals surface area contributed by atoms with Gasteiger partial charge in [0.2, 0.25) is 11.5 Å². The van der Waals surface area contributed by atoms with Crippen LogP contribution in [0.4, 0.5) is 0 Å². The quantitative estimate of drug-likeness (QED) is 0.447. The van der Waals surface area contributed by atoms with Crippen LogP contribution in [0, 0.1) is 0 Å². The number of H-pyrrole nitrogens is 1. The molecule has 10 nitrogen and oxygen atoms in total. The largest absolute Gasteiger partial charge is 0.493 e. The summed E-state index contributed by atoms with van der Waals surface area (Å²) < 4.78 is 24.5. The Hall–Kier alpha value is -2.39. The molecule has 1 aromatic heterocycles. The number of methoxy groups -OCH3 is 3. The fourth-order valence-electron chi connectivity index (χ4n) is 1.75. The van der Waals surface area contributed by atoms with Crippen molar-refractivity contribution in [1.82, 2.24) is 9.97 Å².